The minimum absolute atomic E-state index is 0.355. The Bertz CT molecular complexity index is 210. The van der Waals surface area contributed by atoms with Crippen molar-refractivity contribution in [3.63, 3.8) is 0 Å². The summed E-state index contributed by atoms with van der Waals surface area (Å²) in [5.74, 6) is 0. The molecule has 0 atom stereocenters. The summed E-state index contributed by atoms with van der Waals surface area (Å²) in [5.41, 5.74) is 0.864. The molecule has 0 unspecified atom stereocenters. The molecule has 3 radical (unpaired) electrons. The van der Waals surface area contributed by atoms with Crippen molar-refractivity contribution in [2.24, 2.45) is 0 Å². The van der Waals surface area contributed by atoms with Crippen molar-refractivity contribution in [3.8, 4) is 0 Å². The predicted octanol–water partition coefficient (Wildman–Crippen LogP) is 1.53. The Kier molecular flexibility index (Phi) is 5.54. The van der Waals surface area contributed by atoms with Gasteiger partial charge in [0.05, 0.1) is 0 Å². The first kappa shape index (κ1) is 10.2. The van der Waals surface area contributed by atoms with Crippen LogP contribution >= 0.6 is 0 Å². The Labute approximate surface area is 71.2 Å². The molecule has 0 aliphatic heterocycles. The summed E-state index contributed by atoms with van der Waals surface area (Å²) in [4.78, 5) is 0. The van der Waals surface area contributed by atoms with Crippen LogP contribution in [-0.2, 0) is 0 Å². The van der Waals surface area contributed by atoms with E-state index in [2.05, 4.69) is 0 Å². The van der Waals surface area contributed by atoms with E-state index in [0.29, 0.717) is 5.36 Å². The second-order valence-electron chi connectivity index (χ2n) is 2.08. The van der Waals surface area contributed by atoms with Crippen LogP contribution in [0.1, 0.15) is 13.8 Å². The first-order chi connectivity index (χ1) is 5.22. The van der Waals surface area contributed by atoms with Crippen molar-refractivity contribution in [2.45, 2.75) is 13.8 Å². The van der Waals surface area contributed by atoms with Crippen LogP contribution in [0.3, 0.4) is 0 Å². The molecule has 0 saturated carbocycles. The molecule has 0 aromatic carbocycles. The summed E-state index contributed by atoms with van der Waals surface area (Å²) in [7, 11) is 10.8. The maximum atomic E-state index is 5.38. The molecule has 0 aliphatic rings. The zero-order chi connectivity index (χ0) is 8.69. The molecule has 53 valence electrons. The van der Waals surface area contributed by atoms with E-state index in [1.54, 1.807) is 0 Å². The van der Waals surface area contributed by atoms with Crippen molar-refractivity contribution in [2.75, 3.05) is 0 Å². The Morgan fingerprint density at radius 3 is 2.18 bits per heavy atom. The summed E-state index contributed by atoms with van der Waals surface area (Å²) in [5, 5.41) is 0.355. The Hall–Kier alpha value is -0.780. The molecule has 11 heavy (non-hydrogen) atoms. The van der Waals surface area contributed by atoms with Crippen LogP contribution in [0, 0.1) is 0 Å². The van der Waals surface area contributed by atoms with Gasteiger partial charge in [-0.1, -0.05) is 0 Å². The minimum atomic E-state index is 0.355. The maximum absolute atomic E-state index is 5.38. The summed E-state index contributed by atoms with van der Waals surface area (Å²) in [6, 6.07) is 0. The van der Waals surface area contributed by atoms with Crippen LogP contribution in [0.25, 0.3) is 0 Å². The van der Waals surface area contributed by atoms with E-state index in [1.807, 2.05) is 44.2 Å². The second kappa shape index (κ2) is 5.96. The Balaban J connectivity index is 4.22. The standard InChI is InChI=1S/C9H11B2/c1-3-5-6-7-8(4-2)9(10)11/h3-7H,1-2H3/b5-3-,7-6-,8-4+. The summed E-state index contributed by atoms with van der Waals surface area (Å²) in [6.07, 6.45) is 9.50. The predicted molar refractivity (Wildman–Crippen MR) is 54.2 cm³/mol. The second-order valence-corrected chi connectivity index (χ2v) is 2.08. The SMILES string of the molecule is [B]C(=[B])C(/C=C\C=C/C)=C/C. The van der Waals surface area contributed by atoms with E-state index in [4.69, 9.17) is 15.3 Å². The van der Waals surface area contributed by atoms with E-state index in [1.165, 1.54) is 0 Å². The van der Waals surface area contributed by atoms with Crippen LogP contribution in [0.5, 0.6) is 0 Å². The molecule has 0 nitrogen and oxygen atoms in total. The van der Waals surface area contributed by atoms with E-state index in [-0.39, 0.29) is 0 Å². The molecule has 0 aromatic heterocycles. The van der Waals surface area contributed by atoms with Gasteiger partial charge in [-0.3, -0.25) is 0 Å². The van der Waals surface area contributed by atoms with Crippen LogP contribution in [0.15, 0.2) is 36.0 Å². The molecule has 0 fully saturated rings. The van der Waals surface area contributed by atoms with E-state index in [9.17, 15) is 0 Å². The van der Waals surface area contributed by atoms with Gasteiger partial charge in [0.15, 0.2) is 0 Å². The molecule has 0 aromatic rings. The third-order valence-corrected chi connectivity index (χ3v) is 1.22. The van der Waals surface area contributed by atoms with Crippen molar-refractivity contribution >= 4 is 20.7 Å². The Morgan fingerprint density at radius 1 is 1.18 bits per heavy atom. The van der Waals surface area contributed by atoms with Crippen molar-refractivity contribution in [1.82, 2.24) is 0 Å². The quantitative estimate of drug-likeness (QED) is 0.412. The van der Waals surface area contributed by atoms with Gasteiger partial charge in [0.1, 0.15) is 0 Å². The van der Waals surface area contributed by atoms with Crippen LogP contribution in [0.4, 0.5) is 0 Å². The number of hydrogen-bond acceptors (Lipinski definition) is 0. The molecular weight excluding hydrogens is 130 g/mol. The van der Waals surface area contributed by atoms with Crippen molar-refractivity contribution in [3.05, 3.63) is 36.0 Å². The van der Waals surface area contributed by atoms with Crippen LogP contribution in [0.2, 0.25) is 0 Å². The summed E-state index contributed by atoms with van der Waals surface area (Å²) >= 11 is 0. The Morgan fingerprint density at radius 2 is 1.82 bits per heavy atom. The van der Waals surface area contributed by atoms with Gasteiger partial charge in [0, 0.05) is 0 Å². The topological polar surface area (TPSA) is 0 Å². The van der Waals surface area contributed by atoms with Gasteiger partial charge in [-0.05, 0) is 0 Å². The third kappa shape index (κ3) is 4.60. The monoisotopic (exact) mass is 141 g/mol. The van der Waals surface area contributed by atoms with Gasteiger partial charge >= 0.3 is 70.5 Å². The molecular formula is C9H11B2. The molecule has 2 heteroatoms. The normalized spacial score (nSPS) is 13.0. The fourth-order valence-electron chi connectivity index (χ4n) is 0.629. The summed E-state index contributed by atoms with van der Waals surface area (Å²) in [6.45, 7) is 3.85. The van der Waals surface area contributed by atoms with Crippen LogP contribution in [-0.4, -0.2) is 20.7 Å². The van der Waals surface area contributed by atoms with Gasteiger partial charge < -0.3 is 0 Å². The van der Waals surface area contributed by atoms with Crippen LogP contribution < -0.4 is 0 Å². The average Bonchev–Trinajstić information content (AvgIpc) is 1.97. The fourth-order valence-corrected chi connectivity index (χ4v) is 0.629. The molecule has 0 saturated heterocycles. The summed E-state index contributed by atoms with van der Waals surface area (Å²) < 4.78 is 0. The number of allylic oxidation sites excluding steroid dienone is 6. The van der Waals surface area contributed by atoms with Crippen molar-refractivity contribution in [1.29, 1.82) is 0 Å². The van der Waals surface area contributed by atoms with Gasteiger partial charge in [-0.2, -0.15) is 0 Å². The molecule has 0 bridgehead atoms. The van der Waals surface area contributed by atoms with Gasteiger partial charge in [-0.25, -0.2) is 0 Å². The molecule has 0 N–H and O–H groups in total. The molecule has 0 rings (SSSR count). The van der Waals surface area contributed by atoms with Gasteiger partial charge in [-0.15, -0.1) is 0 Å². The number of rotatable bonds is 3. The molecule has 0 aliphatic carbocycles. The molecule has 0 heterocycles. The first-order valence-electron chi connectivity index (χ1n) is 3.56. The van der Waals surface area contributed by atoms with E-state index in [0.717, 1.165) is 5.57 Å². The average molecular weight is 141 g/mol. The third-order valence-electron chi connectivity index (χ3n) is 1.22. The number of hydrogen-bond donors (Lipinski definition) is 0. The van der Waals surface area contributed by atoms with Gasteiger partial charge in [0.25, 0.3) is 0 Å². The molecule has 0 spiro atoms. The fraction of sp³-hybridized carbons (Fsp3) is 0.222. The zero-order valence-electron chi connectivity index (χ0n) is 7.04. The van der Waals surface area contributed by atoms with E-state index >= 15 is 0 Å². The van der Waals surface area contributed by atoms with Gasteiger partial charge in [0.2, 0.25) is 0 Å². The molecule has 0 amide bonds. The van der Waals surface area contributed by atoms with Crippen molar-refractivity contribution < 1.29 is 0 Å². The first-order valence-corrected chi connectivity index (χ1v) is 3.56. The zero-order valence-corrected chi connectivity index (χ0v) is 7.04. The van der Waals surface area contributed by atoms with E-state index < -0.39 is 0 Å².